The summed E-state index contributed by atoms with van der Waals surface area (Å²) in [5, 5.41) is 0. The first kappa shape index (κ1) is 13.5. The molecule has 108 valence electrons. The van der Waals surface area contributed by atoms with E-state index in [-0.39, 0.29) is 0 Å². The Labute approximate surface area is 131 Å². The van der Waals surface area contributed by atoms with Gasteiger partial charge in [0.1, 0.15) is 0 Å². The number of para-hydroxylation sites is 4. The van der Waals surface area contributed by atoms with Gasteiger partial charge in [0.15, 0.2) is 23.0 Å². The summed E-state index contributed by atoms with van der Waals surface area (Å²) in [6.45, 7) is -5.74. The molecular formula is C12H9NO4P2S2. The molecule has 4 rings (SSSR count). The summed E-state index contributed by atoms with van der Waals surface area (Å²) in [5.74, 6) is 2.37. The van der Waals surface area contributed by atoms with Gasteiger partial charge >= 0.3 is 13.4 Å². The van der Waals surface area contributed by atoms with E-state index in [2.05, 4.69) is 16.8 Å². The van der Waals surface area contributed by atoms with E-state index in [1.165, 1.54) is 0 Å². The first-order valence-corrected chi connectivity index (χ1v) is 11.3. The van der Waals surface area contributed by atoms with Gasteiger partial charge in [0, 0.05) is 11.8 Å². The SMILES string of the molecule is S=P1(N=P2(S)Oc3ccccc3O2)Oc2ccccc2O1. The Hall–Kier alpha value is -1.13. The molecular weight excluding hydrogens is 348 g/mol. The van der Waals surface area contributed by atoms with Crippen molar-refractivity contribution in [3.8, 4) is 23.0 Å². The molecule has 0 amide bonds. The summed E-state index contributed by atoms with van der Waals surface area (Å²) in [6, 6.07) is 14.5. The fraction of sp³-hybridized carbons (Fsp3) is 0. The zero-order valence-electron chi connectivity index (χ0n) is 10.4. The summed E-state index contributed by atoms with van der Waals surface area (Å²) in [6.07, 6.45) is 0. The molecule has 0 aromatic heterocycles. The third-order valence-corrected chi connectivity index (χ3v) is 8.60. The van der Waals surface area contributed by atoms with E-state index in [1.807, 2.05) is 24.3 Å². The number of fused-ring (bicyclic) bond motifs is 2. The van der Waals surface area contributed by atoms with E-state index in [9.17, 15) is 0 Å². The summed E-state index contributed by atoms with van der Waals surface area (Å²) >= 11 is 9.85. The minimum atomic E-state index is -2.91. The third kappa shape index (κ3) is 2.44. The van der Waals surface area contributed by atoms with Crippen molar-refractivity contribution in [3.63, 3.8) is 0 Å². The lowest BCUT2D eigenvalue weighted by Crippen LogP contribution is -1.91. The van der Waals surface area contributed by atoms with Gasteiger partial charge in [0.2, 0.25) is 0 Å². The third-order valence-electron chi connectivity index (χ3n) is 2.78. The second kappa shape index (κ2) is 4.68. The largest absolute Gasteiger partial charge is 0.419 e. The van der Waals surface area contributed by atoms with Crippen LogP contribution in [0.25, 0.3) is 0 Å². The Morgan fingerprint density at radius 1 is 0.762 bits per heavy atom. The van der Waals surface area contributed by atoms with Crippen LogP contribution in [0.1, 0.15) is 0 Å². The zero-order valence-corrected chi connectivity index (χ0v) is 13.9. The van der Waals surface area contributed by atoms with Crippen molar-refractivity contribution in [3.05, 3.63) is 48.5 Å². The number of hydrogen-bond donors (Lipinski definition) is 1. The molecule has 0 spiro atoms. The predicted molar refractivity (Wildman–Crippen MR) is 88.0 cm³/mol. The molecule has 0 radical (unpaired) electrons. The standard InChI is InChI=1S/C12H9NO4P2S2/c20-18(14-9-5-1-2-6-10(9)15-18)13-19(21)16-11-7-3-4-8-12(11)17-19/h1-8,20H. The van der Waals surface area contributed by atoms with Gasteiger partial charge in [-0.25, -0.2) is 0 Å². The first-order valence-electron chi connectivity index (χ1n) is 5.98. The van der Waals surface area contributed by atoms with Gasteiger partial charge in [-0.1, -0.05) is 36.5 Å². The van der Waals surface area contributed by atoms with Gasteiger partial charge in [0.25, 0.3) is 0 Å². The van der Waals surface area contributed by atoms with Crippen LogP contribution in [-0.2, 0) is 11.8 Å². The molecule has 21 heavy (non-hydrogen) atoms. The lowest BCUT2D eigenvalue weighted by atomic mass is 10.3. The van der Waals surface area contributed by atoms with E-state index in [4.69, 9.17) is 29.9 Å². The van der Waals surface area contributed by atoms with E-state index >= 15 is 0 Å². The number of hydrogen-bond acceptors (Lipinski definition) is 5. The Morgan fingerprint density at radius 3 is 1.57 bits per heavy atom. The molecule has 0 N–H and O–H groups in total. The summed E-state index contributed by atoms with van der Waals surface area (Å²) in [7, 11) is 0. The quantitative estimate of drug-likeness (QED) is 0.573. The Morgan fingerprint density at radius 2 is 1.14 bits per heavy atom. The highest BCUT2D eigenvalue weighted by Crippen LogP contribution is 2.72. The van der Waals surface area contributed by atoms with Crippen LogP contribution in [0.5, 0.6) is 23.0 Å². The minimum absolute atomic E-state index is 0.584. The maximum absolute atomic E-state index is 5.71. The Balaban J connectivity index is 1.69. The van der Waals surface area contributed by atoms with Crippen molar-refractivity contribution in [1.82, 2.24) is 0 Å². The molecule has 0 unspecified atom stereocenters. The first-order chi connectivity index (χ1) is 10.1. The zero-order chi connectivity index (χ0) is 14.5. The van der Waals surface area contributed by atoms with Gasteiger partial charge in [-0.05, 0) is 24.3 Å². The molecule has 2 aromatic carbocycles. The highest BCUT2D eigenvalue weighted by molar-refractivity contribution is 8.46. The number of rotatable bonds is 1. The van der Waals surface area contributed by atoms with Crippen molar-refractivity contribution >= 4 is 37.4 Å². The van der Waals surface area contributed by atoms with Crippen LogP contribution in [0, 0.1) is 0 Å². The van der Waals surface area contributed by atoms with Gasteiger partial charge in [-0.2, -0.15) is 0 Å². The highest BCUT2D eigenvalue weighted by Gasteiger charge is 2.39. The normalized spacial score (nSPS) is 19.3. The van der Waals surface area contributed by atoms with Crippen LogP contribution in [-0.4, -0.2) is 0 Å². The maximum atomic E-state index is 5.71. The van der Waals surface area contributed by atoms with Gasteiger partial charge in [0.05, 0.1) is 0 Å². The molecule has 0 atom stereocenters. The summed E-state index contributed by atoms with van der Waals surface area (Å²) < 4.78 is 27.1. The van der Waals surface area contributed by atoms with E-state index in [1.54, 1.807) is 24.3 Å². The predicted octanol–water partition coefficient (Wildman–Crippen LogP) is 5.03. The molecule has 0 saturated heterocycles. The molecule has 9 heteroatoms. The fourth-order valence-corrected chi connectivity index (χ4v) is 8.64. The maximum Gasteiger partial charge on any atom is 0.419 e. The van der Waals surface area contributed by atoms with E-state index in [0.29, 0.717) is 23.0 Å². The lowest BCUT2D eigenvalue weighted by Gasteiger charge is -2.14. The van der Waals surface area contributed by atoms with Crippen LogP contribution in [0.4, 0.5) is 0 Å². The van der Waals surface area contributed by atoms with Crippen molar-refractivity contribution in [2.45, 2.75) is 0 Å². The fourth-order valence-electron chi connectivity index (χ4n) is 1.96. The number of benzene rings is 2. The summed E-state index contributed by atoms with van der Waals surface area (Å²) in [4.78, 5) is 0. The van der Waals surface area contributed by atoms with Gasteiger partial charge in [-0.3, -0.25) is 0 Å². The van der Waals surface area contributed by atoms with Crippen LogP contribution in [0.2, 0.25) is 0 Å². The topological polar surface area (TPSA) is 49.3 Å². The number of nitrogens with zero attached hydrogens (tertiary/aromatic N) is 1. The van der Waals surface area contributed by atoms with Crippen molar-refractivity contribution in [2.75, 3.05) is 0 Å². The summed E-state index contributed by atoms with van der Waals surface area (Å²) in [5.41, 5.74) is 0. The highest BCUT2D eigenvalue weighted by atomic mass is 32.7. The van der Waals surface area contributed by atoms with Gasteiger partial charge in [-0.15, -0.1) is 4.52 Å². The second-order valence-corrected chi connectivity index (χ2v) is 10.6. The van der Waals surface area contributed by atoms with Crippen molar-refractivity contribution in [2.24, 2.45) is 4.52 Å². The van der Waals surface area contributed by atoms with Crippen molar-refractivity contribution in [1.29, 1.82) is 0 Å². The molecule has 2 heterocycles. The monoisotopic (exact) mass is 357 g/mol. The molecule has 2 aliphatic heterocycles. The van der Waals surface area contributed by atoms with E-state index in [0.717, 1.165) is 0 Å². The minimum Gasteiger partial charge on any atom is -0.419 e. The smallest absolute Gasteiger partial charge is 0.419 e. The van der Waals surface area contributed by atoms with Gasteiger partial charge < -0.3 is 18.1 Å². The molecule has 0 saturated carbocycles. The van der Waals surface area contributed by atoms with Crippen LogP contribution >= 0.6 is 25.6 Å². The molecule has 0 fully saturated rings. The molecule has 0 aliphatic carbocycles. The second-order valence-electron chi connectivity index (χ2n) is 4.31. The van der Waals surface area contributed by atoms with E-state index < -0.39 is 13.4 Å². The molecule has 5 nitrogen and oxygen atoms in total. The lowest BCUT2D eigenvalue weighted by molar-refractivity contribution is 0.559. The average Bonchev–Trinajstić information content (AvgIpc) is 2.92. The van der Waals surface area contributed by atoms with Crippen LogP contribution < -0.4 is 18.1 Å². The van der Waals surface area contributed by atoms with Crippen LogP contribution in [0.3, 0.4) is 0 Å². The Kier molecular flexibility index (Phi) is 3.02. The Bertz CT molecular complexity index is 784. The average molecular weight is 357 g/mol. The molecule has 2 aromatic rings. The van der Waals surface area contributed by atoms with Crippen LogP contribution in [0.15, 0.2) is 53.0 Å². The number of thiol groups is 1. The van der Waals surface area contributed by atoms with Crippen molar-refractivity contribution < 1.29 is 18.1 Å². The molecule has 2 aliphatic rings. The molecule has 0 bridgehead atoms.